The van der Waals surface area contributed by atoms with Crippen molar-refractivity contribution in [3.05, 3.63) is 64.6 Å². The van der Waals surface area contributed by atoms with Crippen LogP contribution in [-0.4, -0.2) is 70.6 Å². The Bertz CT molecular complexity index is 1630. The van der Waals surface area contributed by atoms with Crippen molar-refractivity contribution >= 4 is 34.1 Å². The number of anilines is 3. The average Bonchev–Trinajstić information content (AvgIpc) is 3.65. The second-order valence-corrected chi connectivity index (χ2v) is 12.6. The predicted octanol–water partition coefficient (Wildman–Crippen LogP) is 3.65. The summed E-state index contributed by atoms with van der Waals surface area (Å²) in [5.74, 6) is -0.344. The van der Waals surface area contributed by atoms with E-state index in [-0.39, 0.29) is 29.9 Å². The topological polar surface area (TPSA) is 154 Å². The third-order valence-electron chi connectivity index (χ3n) is 8.83. The SMILES string of the molecule is Cc1nn(C)cc1-c1csc(Nc2ccc(C(=O)[N+]([O-])(CC3(CNc4ncc(F)cn4)CC3)[C@H]3CC4C(O)[C@@H]43)cn2)n1. The van der Waals surface area contributed by atoms with Crippen molar-refractivity contribution in [2.24, 2.45) is 24.3 Å². The summed E-state index contributed by atoms with van der Waals surface area (Å²) in [6, 6.07) is 2.80. The molecule has 5 atom stereocenters. The summed E-state index contributed by atoms with van der Waals surface area (Å²) in [5, 5.41) is 38.0. The number of halogens is 1. The van der Waals surface area contributed by atoms with Gasteiger partial charge in [-0.2, -0.15) is 5.10 Å². The van der Waals surface area contributed by atoms with E-state index in [4.69, 9.17) is 0 Å². The largest absolute Gasteiger partial charge is 0.625 e. The number of hydrogen-bond donors (Lipinski definition) is 3. The lowest BCUT2D eigenvalue weighted by molar-refractivity contribution is -0.839. The number of carbonyl (C=O) groups is 1. The first-order valence-electron chi connectivity index (χ1n) is 13.9. The molecule has 218 valence electrons. The van der Waals surface area contributed by atoms with E-state index >= 15 is 0 Å². The van der Waals surface area contributed by atoms with Crippen LogP contribution in [0.5, 0.6) is 0 Å². The lowest BCUT2D eigenvalue weighted by atomic mass is 9.89. The summed E-state index contributed by atoms with van der Waals surface area (Å²) in [6.45, 7) is 2.41. The van der Waals surface area contributed by atoms with Crippen molar-refractivity contribution in [2.45, 2.75) is 38.3 Å². The molecule has 4 aromatic heterocycles. The van der Waals surface area contributed by atoms with Crippen molar-refractivity contribution in [3.8, 4) is 11.3 Å². The van der Waals surface area contributed by atoms with Gasteiger partial charge < -0.3 is 20.9 Å². The second-order valence-electron chi connectivity index (χ2n) is 11.8. The average molecular weight is 592 g/mol. The molecule has 0 spiro atoms. The van der Waals surface area contributed by atoms with Crippen LogP contribution in [0.1, 0.15) is 35.3 Å². The van der Waals surface area contributed by atoms with Crippen LogP contribution in [0, 0.1) is 35.2 Å². The van der Waals surface area contributed by atoms with E-state index in [2.05, 4.69) is 35.7 Å². The van der Waals surface area contributed by atoms with E-state index in [9.17, 15) is 19.5 Å². The van der Waals surface area contributed by atoms with E-state index < -0.39 is 33.9 Å². The predicted molar refractivity (Wildman–Crippen MR) is 153 cm³/mol. The van der Waals surface area contributed by atoms with Crippen LogP contribution in [0.3, 0.4) is 0 Å². The van der Waals surface area contributed by atoms with Crippen molar-refractivity contribution in [1.82, 2.24) is 29.7 Å². The third kappa shape index (κ3) is 4.83. The zero-order chi connectivity index (χ0) is 29.2. The molecule has 4 aromatic rings. The van der Waals surface area contributed by atoms with Gasteiger partial charge in [-0.3, -0.25) is 9.33 Å². The third-order valence-corrected chi connectivity index (χ3v) is 9.59. The first-order valence-corrected chi connectivity index (χ1v) is 14.7. The van der Waals surface area contributed by atoms with E-state index in [1.807, 2.05) is 25.5 Å². The Morgan fingerprint density at radius 1 is 1.26 bits per heavy atom. The molecule has 0 saturated heterocycles. The fraction of sp³-hybridized carbons (Fsp3) is 0.429. The van der Waals surface area contributed by atoms with Crippen LogP contribution < -0.4 is 10.6 Å². The summed E-state index contributed by atoms with van der Waals surface area (Å²) in [6.07, 6.45) is 7.07. The van der Waals surface area contributed by atoms with Gasteiger partial charge in [-0.15, -0.1) is 11.3 Å². The molecule has 0 aromatic carbocycles. The number of quaternary nitrogens is 1. The lowest BCUT2D eigenvalue weighted by Crippen LogP contribution is -2.61. The number of fused-ring (bicyclic) bond motifs is 1. The first-order chi connectivity index (χ1) is 20.1. The highest BCUT2D eigenvalue weighted by Crippen LogP contribution is 2.61. The van der Waals surface area contributed by atoms with Crippen molar-refractivity contribution in [1.29, 1.82) is 0 Å². The molecule has 4 heterocycles. The monoisotopic (exact) mass is 591 g/mol. The molecule has 3 saturated carbocycles. The number of pyridine rings is 1. The number of aliphatic hydroxyl groups is 1. The Kier molecular flexibility index (Phi) is 6.34. The highest BCUT2D eigenvalue weighted by molar-refractivity contribution is 7.14. The summed E-state index contributed by atoms with van der Waals surface area (Å²) in [5.41, 5.74) is 2.46. The Morgan fingerprint density at radius 3 is 2.64 bits per heavy atom. The number of thiazole rings is 1. The summed E-state index contributed by atoms with van der Waals surface area (Å²) in [4.78, 5) is 30.8. The molecule has 0 bridgehead atoms. The molecule has 1 amide bonds. The van der Waals surface area contributed by atoms with E-state index in [1.54, 1.807) is 16.8 Å². The Morgan fingerprint density at radius 2 is 2.05 bits per heavy atom. The van der Waals surface area contributed by atoms with Gasteiger partial charge in [0.05, 0.1) is 42.0 Å². The molecule has 12 nitrogen and oxygen atoms in total. The normalized spacial score (nSPS) is 24.7. The zero-order valence-corrected chi connectivity index (χ0v) is 23.9. The van der Waals surface area contributed by atoms with Crippen LogP contribution >= 0.6 is 11.3 Å². The number of hydrogen-bond acceptors (Lipinski definition) is 11. The minimum atomic E-state index is -1.03. The molecule has 7 rings (SSSR count). The van der Waals surface area contributed by atoms with Gasteiger partial charge in [-0.25, -0.2) is 29.1 Å². The van der Waals surface area contributed by atoms with Gasteiger partial charge in [0.2, 0.25) is 5.95 Å². The van der Waals surface area contributed by atoms with Gasteiger partial charge in [-0.1, -0.05) is 0 Å². The summed E-state index contributed by atoms with van der Waals surface area (Å²) >= 11 is 1.43. The molecule has 3 N–H and O–H groups in total. The lowest BCUT2D eigenvalue weighted by Gasteiger charge is -2.50. The fourth-order valence-electron chi connectivity index (χ4n) is 6.18. The minimum absolute atomic E-state index is 0.0797. The maximum atomic E-state index is 14.5. The highest BCUT2D eigenvalue weighted by atomic mass is 32.1. The number of nitrogens with zero attached hydrogens (tertiary/aromatic N) is 7. The molecule has 3 unspecified atom stereocenters. The van der Waals surface area contributed by atoms with Crippen LogP contribution in [0.15, 0.2) is 42.3 Å². The minimum Gasteiger partial charge on any atom is -0.625 e. The smallest absolute Gasteiger partial charge is 0.347 e. The molecular weight excluding hydrogens is 561 g/mol. The van der Waals surface area contributed by atoms with E-state index in [0.29, 0.717) is 23.9 Å². The number of carbonyl (C=O) groups excluding carboxylic acids is 1. The van der Waals surface area contributed by atoms with Crippen LogP contribution in [0.25, 0.3) is 11.3 Å². The van der Waals surface area contributed by atoms with Crippen LogP contribution in [-0.2, 0) is 7.05 Å². The number of rotatable bonds is 10. The van der Waals surface area contributed by atoms with Crippen molar-refractivity contribution in [3.63, 3.8) is 0 Å². The molecule has 3 fully saturated rings. The number of amides is 1. The summed E-state index contributed by atoms with van der Waals surface area (Å²) < 4.78 is 13.9. The Balaban J connectivity index is 1.06. The standard InChI is InChI=1S/C28H30FN9O3S/c1-15-19(11-37(2)36-15)20-12-42-27(34-20)35-22-4-3-16(8-30-22)25(40)38(41,21-7-18-23(21)24(18)39)14-28(5-6-28)13-33-26-31-9-17(29)10-32-26/h3-4,8-12,18,21,23-24,39H,5-7,13-14H2,1-2H3,(H,30,34,35)(H,31,32,33)/t18?,21-,23-,24?,38?/m0/s1. The van der Waals surface area contributed by atoms with Crippen LogP contribution in [0.2, 0.25) is 0 Å². The Labute approximate surface area is 244 Å². The quantitative estimate of drug-likeness (QED) is 0.184. The Hall–Kier alpha value is -3.85. The molecule has 3 aliphatic carbocycles. The van der Waals surface area contributed by atoms with Crippen LogP contribution in [0.4, 0.5) is 21.3 Å². The number of aliphatic hydroxyl groups excluding tert-OH is 1. The van der Waals surface area contributed by atoms with E-state index in [0.717, 1.165) is 42.2 Å². The molecule has 14 heteroatoms. The molecule has 42 heavy (non-hydrogen) atoms. The number of aryl methyl sites for hydroxylation is 2. The zero-order valence-electron chi connectivity index (χ0n) is 23.1. The first kappa shape index (κ1) is 27.0. The number of aromatic nitrogens is 6. The molecule has 3 aliphatic rings. The van der Waals surface area contributed by atoms with Gasteiger partial charge in [0.25, 0.3) is 0 Å². The summed E-state index contributed by atoms with van der Waals surface area (Å²) in [7, 11) is 1.87. The second kappa shape index (κ2) is 9.87. The van der Waals surface area contributed by atoms with Gasteiger partial charge >= 0.3 is 5.91 Å². The van der Waals surface area contributed by atoms with Gasteiger partial charge in [-0.05, 0) is 31.9 Å². The van der Waals surface area contributed by atoms with Gasteiger partial charge in [0.15, 0.2) is 10.9 Å². The number of nitrogens with one attached hydrogen (secondary N) is 2. The van der Waals surface area contributed by atoms with Crippen molar-refractivity contribution in [2.75, 3.05) is 23.7 Å². The maximum Gasteiger partial charge on any atom is 0.347 e. The van der Waals surface area contributed by atoms with Gasteiger partial charge in [0, 0.05) is 60.6 Å². The maximum absolute atomic E-state index is 14.5. The molecule has 0 radical (unpaired) electrons. The van der Waals surface area contributed by atoms with Gasteiger partial charge in [0.1, 0.15) is 11.9 Å². The van der Waals surface area contributed by atoms with Crippen molar-refractivity contribution < 1.29 is 18.9 Å². The highest BCUT2D eigenvalue weighted by Gasteiger charge is 2.70. The fourth-order valence-corrected chi connectivity index (χ4v) is 6.90. The molecular formula is C28H30FN9O3S. The number of hydroxylamine groups is 3. The molecule has 0 aliphatic heterocycles. The van der Waals surface area contributed by atoms with E-state index in [1.165, 1.54) is 17.5 Å².